The molecule has 0 saturated heterocycles. The van der Waals surface area contributed by atoms with E-state index in [1.165, 1.54) is 16.2 Å². The van der Waals surface area contributed by atoms with Crippen molar-refractivity contribution in [3.05, 3.63) is 47.2 Å². The molecule has 94 valence electrons. The Kier molecular flexibility index (Phi) is 2.92. The lowest BCUT2D eigenvalue weighted by Gasteiger charge is -2.15. The van der Waals surface area contributed by atoms with Crippen LogP contribution in [0.25, 0.3) is 0 Å². The van der Waals surface area contributed by atoms with Crippen LogP contribution in [0.3, 0.4) is 0 Å². The van der Waals surface area contributed by atoms with Crippen LogP contribution in [0.4, 0.5) is 0 Å². The van der Waals surface area contributed by atoms with Gasteiger partial charge >= 0.3 is 0 Å². The van der Waals surface area contributed by atoms with E-state index < -0.39 is 0 Å². The van der Waals surface area contributed by atoms with Gasteiger partial charge in [0, 0.05) is 18.3 Å². The fourth-order valence-electron chi connectivity index (χ4n) is 2.56. The van der Waals surface area contributed by atoms with Gasteiger partial charge < -0.3 is 5.73 Å². The molecule has 0 radical (unpaired) electrons. The summed E-state index contributed by atoms with van der Waals surface area (Å²) in [5, 5.41) is 5.99. The topological polar surface area (TPSA) is 43.8 Å². The van der Waals surface area contributed by atoms with Gasteiger partial charge in [-0.25, -0.2) is 0 Å². The van der Waals surface area contributed by atoms with Gasteiger partial charge in [-0.15, -0.1) is 11.8 Å². The molecule has 2 N–H and O–H groups in total. The average Bonchev–Trinajstić information content (AvgIpc) is 2.82. The normalized spacial score (nSPS) is 22.2. The number of fused-ring (bicyclic) bond motifs is 1. The second kappa shape index (κ2) is 4.44. The molecule has 0 aliphatic heterocycles. The molecule has 2 aromatic rings. The molecule has 0 saturated carbocycles. The molecule has 2 unspecified atom stereocenters. The van der Waals surface area contributed by atoms with Crippen molar-refractivity contribution in [3.8, 4) is 0 Å². The fourth-order valence-corrected chi connectivity index (χ4v) is 3.85. The van der Waals surface area contributed by atoms with Crippen molar-refractivity contribution in [2.75, 3.05) is 0 Å². The molecular formula is C14H17N3S. The molecule has 0 amide bonds. The lowest BCUT2D eigenvalue weighted by molar-refractivity contribution is 0.681. The van der Waals surface area contributed by atoms with Gasteiger partial charge in [-0.2, -0.15) is 5.10 Å². The standard InChI is InChI=1S/C14H17N3S/c1-9-7-13(17(2)16-9)18-12-8-10-5-3-4-6-11(10)14(12)15/h3-7,12,14H,8,15H2,1-2H3. The molecule has 1 aromatic heterocycles. The second-order valence-electron chi connectivity index (χ2n) is 4.83. The van der Waals surface area contributed by atoms with Crippen LogP contribution < -0.4 is 5.73 Å². The third kappa shape index (κ3) is 1.95. The largest absolute Gasteiger partial charge is 0.323 e. The van der Waals surface area contributed by atoms with E-state index in [-0.39, 0.29) is 6.04 Å². The first-order chi connectivity index (χ1) is 8.65. The van der Waals surface area contributed by atoms with Crippen molar-refractivity contribution >= 4 is 11.8 Å². The highest BCUT2D eigenvalue weighted by Gasteiger charge is 2.30. The number of rotatable bonds is 2. The molecule has 0 bridgehead atoms. The molecule has 3 nitrogen and oxygen atoms in total. The van der Waals surface area contributed by atoms with Crippen molar-refractivity contribution in [1.82, 2.24) is 9.78 Å². The zero-order chi connectivity index (χ0) is 12.7. The molecule has 18 heavy (non-hydrogen) atoms. The maximum absolute atomic E-state index is 6.34. The Labute approximate surface area is 111 Å². The van der Waals surface area contributed by atoms with E-state index >= 15 is 0 Å². The minimum Gasteiger partial charge on any atom is -0.323 e. The Morgan fingerprint density at radius 2 is 2.17 bits per heavy atom. The van der Waals surface area contributed by atoms with E-state index in [1.807, 2.05) is 30.4 Å². The smallest absolute Gasteiger partial charge is 0.0942 e. The van der Waals surface area contributed by atoms with Gasteiger partial charge in [0.15, 0.2) is 0 Å². The van der Waals surface area contributed by atoms with Crippen molar-refractivity contribution in [2.45, 2.75) is 29.7 Å². The van der Waals surface area contributed by atoms with Gasteiger partial charge in [0.05, 0.1) is 10.7 Å². The van der Waals surface area contributed by atoms with Crippen LogP contribution in [0.5, 0.6) is 0 Å². The highest BCUT2D eigenvalue weighted by atomic mass is 32.2. The van der Waals surface area contributed by atoms with Crippen LogP contribution in [-0.4, -0.2) is 15.0 Å². The summed E-state index contributed by atoms with van der Waals surface area (Å²) >= 11 is 1.84. The van der Waals surface area contributed by atoms with Gasteiger partial charge in [-0.1, -0.05) is 24.3 Å². The second-order valence-corrected chi connectivity index (χ2v) is 6.09. The van der Waals surface area contributed by atoms with Crippen LogP contribution in [0.1, 0.15) is 22.9 Å². The van der Waals surface area contributed by atoms with Gasteiger partial charge in [-0.05, 0) is 30.5 Å². The van der Waals surface area contributed by atoms with Crippen LogP contribution >= 0.6 is 11.8 Å². The zero-order valence-corrected chi connectivity index (χ0v) is 11.4. The Morgan fingerprint density at radius 1 is 1.39 bits per heavy atom. The Balaban J connectivity index is 1.83. The molecule has 1 aliphatic rings. The van der Waals surface area contributed by atoms with Gasteiger partial charge in [0.25, 0.3) is 0 Å². The first-order valence-electron chi connectivity index (χ1n) is 6.16. The van der Waals surface area contributed by atoms with E-state index in [9.17, 15) is 0 Å². The molecule has 2 atom stereocenters. The number of hydrogen-bond donors (Lipinski definition) is 1. The van der Waals surface area contributed by atoms with Crippen molar-refractivity contribution in [2.24, 2.45) is 12.8 Å². The average molecular weight is 259 g/mol. The summed E-state index contributed by atoms with van der Waals surface area (Å²) in [7, 11) is 1.99. The van der Waals surface area contributed by atoms with E-state index in [0.717, 1.165) is 12.1 Å². The summed E-state index contributed by atoms with van der Waals surface area (Å²) in [6.45, 7) is 2.02. The SMILES string of the molecule is Cc1cc(SC2Cc3ccccc3C2N)n(C)n1. The molecule has 0 spiro atoms. The summed E-state index contributed by atoms with van der Waals surface area (Å²) < 4.78 is 1.94. The number of hydrogen-bond acceptors (Lipinski definition) is 3. The Bertz CT molecular complexity index is 576. The summed E-state index contributed by atoms with van der Waals surface area (Å²) in [5.41, 5.74) is 10.1. The molecule has 0 fully saturated rings. The number of aryl methyl sites for hydroxylation is 2. The lowest BCUT2D eigenvalue weighted by Crippen LogP contribution is -2.19. The fraction of sp³-hybridized carbons (Fsp3) is 0.357. The molecule has 4 heteroatoms. The molecule has 1 heterocycles. The monoisotopic (exact) mass is 259 g/mol. The first kappa shape index (κ1) is 11.8. The third-order valence-electron chi connectivity index (χ3n) is 3.47. The summed E-state index contributed by atoms with van der Waals surface area (Å²) in [6, 6.07) is 10.7. The summed E-state index contributed by atoms with van der Waals surface area (Å²) in [4.78, 5) is 0. The van der Waals surface area contributed by atoms with E-state index in [0.29, 0.717) is 5.25 Å². The number of benzene rings is 1. The minimum atomic E-state index is 0.126. The van der Waals surface area contributed by atoms with Crippen LogP contribution in [0.2, 0.25) is 0 Å². The lowest BCUT2D eigenvalue weighted by atomic mass is 10.1. The minimum absolute atomic E-state index is 0.126. The number of aromatic nitrogens is 2. The number of thioether (sulfide) groups is 1. The summed E-state index contributed by atoms with van der Waals surface area (Å²) in [5.74, 6) is 0. The zero-order valence-electron chi connectivity index (χ0n) is 10.6. The molecule has 3 rings (SSSR count). The van der Waals surface area contributed by atoms with Gasteiger partial charge in [0.2, 0.25) is 0 Å². The van der Waals surface area contributed by atoms with E-state index in [1.54, 1.807) is 0 Å². The predicted octanol–water partition coefficient (Wildman–Crippen LogP) is 2.45. The van der Waals surface area contributed by atoms with Crippen molar-refractivity contribution in [3.63, 3.8) is 0 Å². The van der Waals surface area contributed by atoms with Gasteiger partial charge in [-0.3, -0.25) is 4.68 Å². The Hall–Kier alpha value is -1.26. The number of nitrogens with zero attached hydrogens (tertiary/aromatic N) is 2. The van der Waals surface area contributed by atoms with Gasteiger partial charge in [0.1, 0.15) is 0 Å². The Morgan fingerprint density at radius 3 is 2.83 bits per heavy atom. The van der Waals surface area contributed by atoms with Crippen molar-refractivity contribution in [1.29, 1.82) is 0 Å². The van der Waals surface area contributed by atoms with Crippen LogP contribution in [0.15, 0.2) is 35.4 Å². The highest BCUT2D eigenvalue weighted by molar-refractivity contribution is 7.99. The molecule has 1 aliphatic carbocycles. The maximum Gasteiger partial charge on any atom is 0.0942 e. The summed E-state index contributed by atoms with van der Waals surface area (Å²) in [6.07, 6.45) is 1.05. The maximum atomic E-state index is 6.34. The van der Waals surface area contributed by atoms with E-state index in [2.05, 4.69) is 35.4 Å². The van der Waals surface area contributed by atoms with Crippen molar-refractivity contribution < 1.29 is 0 Å². The third-order valence-corrected chi connectivity index (χ3v) is 4.85. The number of nitrogens with two attached hydrogens (primary N) is 1. The van der Waals surface area contributed by atoms with Crippen LogP contribution in [0, 0.1) is 6.92 Å². The quantitative estimate of drug-likeness (QED) is 0.901. The predicted molar refractivity (Wildman–Crippen MR) is 74.7 cm³/mol. The molecular weight excluding hydrogens is 242 g/mol. The highest BCUT2D eigenvalue weighted by Crippen LogP contribution is 2.39. The molecule has 1 aromatic carbocycles. The van der Waals surface area contributed by atoms with Crippen LogP contribution in [-0.2, 0) is 13.5 Å². The van der Waals surface area contributed by atoms with E-state index in [4.69, 9.17) is 5.73 Å². The first-order valence-corrected chi connectivity index (χ1v) is 7.04.